The highest BCUT2D eigenvalue weighted by atomic mass is 16.5. The van der Waals surface area contributed by atoms with Gasteiger partial charge in [-0.15, -0.1) is 0 Å². The second-order valence-electron chi connectivity index (χ2n) is 4.76. The van der Waals surface area contributed by atoms with Crippen LogP contribution in [0.5, 0.6) is 0 Å². The second kappa shape index (κ2) is 9.50. The number of ether oxygens (including phenoxy) is 2. The third kappa shape index (κ3) is 5.72. The van der Waals surface area contributed by atoms with E-state index in [1.54, 1.807) is 7.11 Å². The largest absolute Gasteiger partial charge is 0.466 e. The van der Waals surface area contributed by atoms with E-state index in [-0.39, 0.29) is 12.4 Å². The average molecular weight is 280 g/mol. The highest BCUT2D eigenvalue weighted by Gasteiger charge is 2.14. The first-order chi connectivity index (χ1) is 9.69. The van der Waals surface area contributed by atoms with Gasteiger partial charge in [0.2, 0.25) is 0 Å². The third-order valence-electron chi connectivity index (χ3n) is 3.10. The lowest BCUT2D eigenvalue weighted by Crippen LogP contribution is -2.09. The van der Waals surface area contributed by atoms with E-state index in [4.69, 9.17) is 9.47 Å². The number of carbonyl (C=O) groups is 1. The molecule has 0 bridgehead atoms. The Morgan fingerprint density at radius 3 is 2.80 bits per heavy atom. The van der Waals surface area contributed by atoms with Crippen molar-refractivity contribution < 1.29 is 19.4 Å². The van der Waals surface area contributed by atoms with Gasteiger partial charge in [0.25, 0.3) is 0 Å². The lowest BCUT2D eigenvalue weighted by molar-refractivity contribution is -0.144. The van der Waals surface area contributed by atoms with Crippen molar-refractivity contribution in [2.45, 2.75) is 45.3 Å². The van der Waals surface area contributed by atoms with Crippen LogP contribution in [-0.2, 0) is 20.9 Å². The van der Waals surface area contributed by atoms with Crippen LogP contribution in [0.4, 0.5) is 0 Å². The van der Waals surface area contributed by atoms with Gasteiger partial charge in [-0.2, -0.15) is 0 Å². The Bertz CT molecular complexity index is 403. The van der Waals surface area contributed by atoms with Gasteiger partial charge in [0, 0.05) is 13.5 Å². The number of aliphatic hydroxyl groups is 1. The van der Waals surface area contributed by atoms with Crippen molar-refractivity contribution in [1.82, 2.24) is 0 Å². The summed E-state index contributed by atoms with van der Waals surface area (Å²) in [6.45, 7) is 2.96. The lowest BCUT2D eigenvalue weighted by Gasteiger charge is -2.15. The molecule has 0 aliphatic heterocycles. The molecular formula is C16H24O4. The Kier molecular flexibility index (Phi) is 7.92. The minimum atomic E-state index is -0.667. The van der Waals surface area contributed by atoms with Crippen LogP contribution in [0.2, 0.25) is 0 Å². The van der Waals surface area contributed by atoms with Gasteiger partial charge in [-0.3, -0.25) is 4.79 Å². The first kappa shape index (κ1) is 16.7. The number of aliphatic hydroxyl groups excluding tert-OH is 1. The molecule has 0 heterocycles. The summed E-state index contributed by atoms with van der Waals surface area (Å²) in [6.07, 6.45) is 1.81. The Labute approximate surface area is 120 Å². The van der Waals surface area contributed by atoms with Gasteiger partial charge in [0.15, 0.2) is 0 Å². The van der Waals surface area contributed by atoms with Crippen molar-refractivity contribution in [3.8, 4) is 0 Å². The molecule has 0 aliphatic rings. The van der Waals surface area contributed by atoms with Gasteiger partial charge < -0.3 is 14.6 Å². The summed E-state index contributed by atoms with van der Waals surface area (Å²) in [5.74, 6) is -0.248. The van der Waals surface area contributed by atoms with E-state index in [2.05, 4.69) is 0 Å². The molecular weight excluding hydrogens is 256 g/mol. The number of methoxy groups -OCH3 is 1. The topological polar surface area (TPSA) is 55.8 Å². The van der Waals surface area contributed by atoms with Crippen molar-refractivity contribution in [2.75, 3.05) is 13.7 Å². The molecule has 1 aromatic rings. The SMILES string of the molecule is CCCCOC(=O)CCC(O)c1ccccc1COC. The number of benzene rings is 1. The van der Waals surface area contributed by atoms with Crippen LogP contribution in [0.3, 0.4) is 0 Å². The number of hydrogen-bond donors (Lipinski definition) is 1. The number of esters is 1. The molecule has 1 atom stereocenters. The van der Waals surface area contributed by atoms with Crippen molar-refractivity contribution in [3.63, 3.8) is 0 Å². The monoisotopic (exact) mass is 280 g/mol. The zero-order valence-corrected chi connectivity index (χ0v) is 12.3. The first-order valence-corrected chi connectivity index (χ1v) is 7.09. The normalized spacial score (nSPS) is 12.2. The molecule has 0 fully saturated rings. The summed E-state index contributed by atoms with van der Waals surface area (Å²) < 4.78 is 10.2. The summed E-state index contributed by atoms with van der Waals surface area (Å²) in [5, 5.41) is 10.2. The summed E-state index contributed by atoms with van der Waals surface area (Å²) in [5.41, 5.74) is 1.76. The van der Waals surface area contributed by atoms with E-state index in [9.17, 15) is 9.90 Å². The van der Waals surface area contributed by atoms with Crippen molar-refractivity contribution in [3.05, 3.63) is 35.4 Å². The maximum absolute atomic E-state index is 11.5. The van der Waals surface area contributed by atoms with Crippen LogP contribution in [0.1, 0.15) is 49.8 Å². The molecule has 20 heavy (non-hydrogen) atoms. The Hall–Kier alpha value is -1.39. The van der Waals surface area contributed by atoms with Crippen molar-refractivity contribution in [2.24, 2.45) is 0 Å². The quantitative estimate of drug-likeness (QED) is 0.558. The van der Waals surface area contributed by atoms with Crippen LogP contribution in [0.25, 0.3) is 0 Å². The van der Waals surface area contributed by atoms with Gasteiger partial charge in [0.1, 0.15) is 0 Å². The predicted molar refractivity (Wildman–Crippen MR) is 77.2 cm³/mol. The molecule has 0 aromatic heterocycles. The number of unbranched alkanes of at least 4 members (excludes halogenated alkanes) is 1. The van der Waals surface area contributed by atoms with E-state index in [0.717, 1.165) is 24.0 Å². The highest BCUT2D eigenvalue weighted by molar-refractivity contribution is 5.69. The van der Waals surface area contributed by atoms with E-state index in [1.165, 1.54) is 0 Å². The zero-order chi connectivity index (χ0) is 14.8. The van der Waals surface area contributed by atoms with Crippen molar-refractivity contribution in [1.29, 1.82) is 0 Å². The Balaban J connectivity index is 2.46. The van der Waals surface area contributed by atoms with Crippen LogP contribution in [0, 0.1) is 0 Å². The Morgan fingerprint density at radius 2 is 2.10 bits per heavy atom. The minimum Gasteiger partial charge on any atom is -0.466 e. The highest BCUT2D eigenvalue weighted by Crippen LogP contribution is 2.23. The van der Waals surface area contributed by atoms with Crippen LogP contribution in [0.15, 0.2) is 24.3 Å². The molecule has 4 heteroatoms. The second-order valence-corrected chi connectivity index (χ2v) is 4.76. The van der Waals surface area contributed by atoms with Gasteiger partial charge in [-0.25, -0.2) is 0 Å². The standard InChI is InChI=1S/C16H24O4/c1-3-4-11-20-16(18)10-9-15(17)14-8-6-5-7-13(14)12-19-2/h5-8,15,17H,3-4,9-12H2,1-2H3. The molecule has 0 saturated carbocycles. The maximum Gasteiger partial charge on any atom is 0.305 e. The lowest BCUT2D eigenvalue weighted by atomic mass is 9.99. The average Bonchev–Trinajstić information content (AvgIpc) is 2.46. The molecule has 1 N–H and O–H groups in total. The summed E-state index contributed by atoms with van der Waals surface area (Å²) >= 11 is 0. The van der Waals surface area contributed by atoms with E-state index >= 15 is 0 Å². The molecule has 1 unspecified atom stereocenters. The zero-order valence-electron chi connectivity index (χ0n) is 12.3. The van der Waals surface area contributed by atoms with Gasteiger partial charge >= 0.3 is 5.97 Å². The van der Waals surface area contributed by atoms with Gasteiger partial charge in [-0.05, 0) is 24.0 Å². The molecule has 4 nitrogen and oxygen atoms in total. The summed E-state index contributed by atoms with van der Waals surface area (Å²) in [7, 11) is 1.62. The first-order valence-electron chi connectivity index (χ1n) is 7.09. The molecule has 0 radical (unpaired) electrons. The molecule has 0 saturated heterocycles. The van der Waals surface area contributed by atoms with Crippen LogP contribution >= 0.6 is 0 Å². The molecule has 1 rings (SSSR count). The number of hydrogen-bond acceptors (Lipinski definition) is 4. The summed E-state index contributed by atoms with van der Waals surface area (Å²) in [6, 6.07) is 7.56. The minimum absolute atomic E-state index is 0.228. The molecule has 0 aliphatic carbocycles. The fourth-order valence-corrected chi connectivity index (χ4v) is 1.96. The molecule has 0 spiro atoms. The van der Waals surface area contributed by atoms with Crippen molar-refractivity contribution >= 4 is 5.97 Å². The van der Waals surface area contributed by atoms with Crippen LogP contribution in [-0.4, -0.2) is 24.8 Å². The fraction of sp³-hybridized carbons (Fsp3) is 0.562. The summed E-state index contributed by atoms with van der Waals surface area (Å²) in [4.78, 5) is 11.5. The Morgan fingerprint density at radius 1 is 1.35 bits per heavy atom. The van der Waals surface area contributed by atoms with Crippen LogP contribution < -0.4 is 0 Å². The number of rotatable bonds is 9. The third-order valence-corrected chi connectivity index (χ3v) is 3.10. The molecule has 112 valence electrons. The predicted octanol–water partition coefficient (Wildman–Crippen LogP) is 2.99. The maximum atomic E-state index is 11.5. The van der Waals surface area contributed by atoms with Gasteiger partial charge in [0.05, 0.1) is 19.3 Å². The number of carbonyl (C=O) groups excluding carboxylic acids is 1. The smallest absolute Gasteiger partial charge is 0.305 e. The van der Waals surface area contributed by atoms with Gasteiger partial charge in [-0.1, -0.05) is 37.6 Å². The molecule has 1 aromatic carbocycles. The molecule has 0 amide bonds. The van der Waals surface area contributed by atoms with E-state index < -0.39 is 6.10 Å². The van der Waals surface area contributed by atoms with E-state index in [0.29, 0.717) is 19.6 Å². The fourth-order valence-electron chi connectivity index (χ4n) is 1.96. The van der Waals surface area contributed by atoms with E-state index in [1.807, 2.05) is 31.2 Å².